The fourth-order valence-corrected chi connectivity index (χ4v) is 1.65. The number of rotatable bonds is 4. The lowest BCUT2D eigenvalue weighted by Crippen LogP contribution is -2.27. The molecule has 0 saturated carbocycles. The fraction of sp³-hybridized carbons (Fsp3) is 0.154. The highest BCUT2D eigenvalue weighted by molar-refractivity contribution is 5.92. The van der Waals surface area contributed by atoms with E-state index in [1.54, 1.807) is 25.2 Å². The predicted octanol–water partition coefficient (Wildman–Crippen LogP) is 1.17. The van der Waals surface area contributed by atoms with Crippen LogP contribution in [0.25, 0.3) is 0 Å². The number of nitrogens with two attached hydrogens (primary N) is 1. The summed E-state index contributed by atoms with van der Waals surface area (Å²) in [4.78, 5) is 13.6. The van der Waals surface area contributed by atoms with E-state index in [0.29, 0.717) is 12.4 Å². The zero-order valence-electron chi connectivity index (χ0n) is 10.9. The minimum atomic E-state index is -0.307. The molecule has 2 aromatic rings. The number of nitrogens with zero attached hydrogens (tertiary/aromatic N) is 3. The number of carbonyl (C=O) groups is 1. The molecule has 0 bridgehead atoms. The Morgan fingerprint density at radius 1 is 1.25 bits per heavy atom. The number of aromatic nitrogens is 2. The molecule has 0 fully saturated rings. The van der Waals surface area contributed by atoms with E-state index in [4.69, 9.17) is 5.84 Å². The average Bonchev–Trinajstić information content (AvgIpc) is 2.49. The number of amides is 1. The third-order valence-electron chi connectivity index (χ3n) is 2.71. The summed E-state index contributed by atoms with van der Waals surface area (Å²) in [6.45, 7) is 0.359. The van der Waals surface area contributed by atoms with Gasteiger partial charge >= 0.3 is 0 Å². The Morgan fingerprint density at radius 2 is 1.95 bits per heavy atom. The Morgan fingerprint density at radius 3 is 2.50 bits per heavy atom. The Hall–Kier alpha value is -2.54. The third-order valence-corrected chi connectivity index (χ3v) is 2.71. The zero-order chi connectivity index (χ0) is 14.5. The van der Waals surface area contributed by atoms with Crippen LogP contribution >= 0.6 is 0 Å². The van der Waals surface area contributed by atoms with Crippen molar-refractivity contribution in [3.05, 3.63) is 53.5 Å². The molecule has 0 aliphatic heterocycles. The molecule has 1 amide bonds. The minimum Gasteiger partial charge on any atom is -0.336 e. The molecule has 2 rings (SSSR count). The van der Waals surface area contributed by atoms with Gasteiger partial charge in [0.1, 0.15) is 5.82 Å². The maximum absolute atomic E-state index is 12.8. The van der Waals surface area contributed by atoms with Crippen LogP contribution in [0.1, 0.15) is 16.1 Å². The largest absolute Gasteiger partial charge is 0.336 e. The molecule has 104 valence electrons. The number of nitrogens with one attached hydrogen (secondary N) is 1. The lowest BCUT2D eigenvalue weighted by atomic mass is 10.2. The molecule has 1 heterocycles. The second kappa shape index (κ2) is 6.07. The van der Waals surface area contributed by atoms with E-state index in [-0.39, 0.29) is 17.4 Å². The highest BCUT2D eigenvalue weighted by atomic mass is 19.1. The number of anilines is 1. The minimum absolute atomic E-state index is 0.216. The van der Waals surface area contributed by atoms with Gasteiger partial charge in [-0.15, -0.1) is 10.2 Å². The molecule has 3 N–H and O–H groups in total. The normalized spacial score (nSPS) is 10.2. The van der Waals surface area contributed by atoms with E-state index in [1.807, 2.05) is 0 Å². The van der Waals surface area contributed by atoms with Crippen molar-refractivity contribution in [2.24, 2.45) is 5.84 Å². The van der Waals surface area contributed by atoms with Crippen LogP contribution in [0.3, 0.4) is 0 Å². The second-order valence-electron chi connectivity index (χ2n) is 4.24. The number of nitrogen functional groups attached to an aromatic ring is 1. The maximum atomic E-state index is 12.8. The highest BCUT2D eigenvalue weighted by Crippen LogP contribution is 2.08. The van der Waals surface area contributed by atoms with E-state index < -0.39 is 0 Å². The molecule has 7 heteroatoms. The molecule has 0 atom stereocenters. The fourth-order valence-electron chi connectivity index (χ4n) is 1.65. The second-order valence-corrected chi connectivity index (χ2v) is 4.24. The molecule has 0 radical (unpaired) electrons. The molecular formula is C13H14FN5O. The Bertz CT molecular complexity index is 585. The number of hydrogen-bond acceptors (Lipinski definition) is 5. The lowest BCUT2D eigenvalue weighted by Gasteiger charge is -2.16. The van der Waals surface area contributed by atoms with Gasteiger partial charge in [-0.25, -0.2) is 10.2 Å². The van der Waals surface area contributed by atoms with Crippen molar-refractivity contribution in [1.82, 2.24) is 15.1 Å². The van der Waals surface area contributed by atoms with Crippen molar-refractivity contribution >= 4 is 11.7 Å². The smallest absolute Gasteiger partial charge is 0.274 e. The first-order valence-corrected chi connectivity index (χ1v) is 5.90. The molecule has 0 unspecified atom stereocenters. The van der Waals surface area contributed by atoms with E-state index >= 15 is 0 Å². The summed E-state index contributed by atoms with van der Waals surface area (Å²) < 4.78 is 12.8. The van der Waals surface area contributed by atoms with Crippen LogP contribution in [0.2, 0.25) is 0 Å². The van der Waals surface area contributed by atoms with Crippen molar-refractivity contribution in [3.8, 4) is 0 Å². The van der Waals surface area contributed by atoms with E-state index in [9.17, 15) is 9.18 Å². The van der Waals surface area contributed by atoms with Crippen molar-refractivity contribution in [2.45, 2.75) is 6.54 Å². The van der Waals surface area contributed by atoms with Crippen molar-refractivity contribution in [1.29, 1.82) is 0 Å². The lowest BCUT2D eigenvalue weighted by molar-refractivity contribution is 0.0778. The summed E-state index contributed by atoms with van der Waals surface area (Å²) in [5.41, 5.74) is 3.38. The first kappa shape index (κ1) is 13.9. The van der Waals surface area contributed by atoms with Gasteiger partial charge in [0, 0.05) is 13.6 Å². The molecule has 0 aliphatic rings. The van der Waals surface area contributed by atoms with Crippen LogP contribution in [-0.4, -0.2) is 28.1 Å². The van der Waals surface area contributed by atoms with Gasteiger partial charge in [0.2, 0.25) is 0 Å². The van der Waals surface area contributed by atoms with Crippen LogP contribution in [0, 0.1) is 5.82 Å². The zero-order valence-corrected chi connectivity index (χ0v) is 10.9. The van der Waals surface area contributed by atoms with Gasteiger partial charge in [-0.1, -0.05) is 12.1 Å². The van der Waals surface area contributed by atoms with Crippen LogP contribution < -0.4 is 11.3 Å². The maximum Gasteiger partial charge on any atom is 0.274 e. The summed E-state index contributed by atoms with van der Waals surface area (Å²) in [6.07, 6.45) is 0. The summed E-state index contributed by atoms with van der Waals surface area (Å²) in [6, 6.07) is 9.07. The molecule has 6 nitrogen and oxygen atoms in total. The first-order valence-electron chi connectivity index (χ1n) is 5.90. The van der Waals surface area contributed by atoms with Gasteiger partial charge in [0.05, 0.1) is 0 Å². The van der Waals surface area contributed by atoms with Crippen LogP contribution in [0.5, 0.6) is 0 Å². The Kier molecular flexibility index (Phi) is 4.21. The number of hydrazine groups is 1. The topological polar surface area (TPSA) is 84.1 Å². The number of halogens is 1. The summed E-state index contributed by atoms with van der Waals surface area (Å²) >= 11 is 0. The average molecular weight is 275 g/mol. The summed E-state index contributed by atoms with van der Waals surface area (Å²) in [7, 11) is 1.64. The van der Waals surface area contributed by atoms with E-state index in [2.05, 4.69) is 15.6 Å². The first-order chi connectivity index (χ1) is 9.60. The van der Waals surface area contributed by atoms with E-state index in [1.165, 1.54) is 23.1 Å². The SMILES string of the molecule is CN(Cc1ccc(F)cc1)C(=O)c1ccc(NN)nn1. The Balaban J connectivity index is 2.05. The molecule has 0 saturated heterocycles. The van der Waals surface area contributed by atoms with Crippen LogP contribution in [0.15, 0.2) is 36.4 Å². The monoisotopic (exact) mass is 275 g/mol. The molecule has 1 aromatic heterocycles. The Labute approximate surface area is 115 Å². The molecule has 0 spiro atoms. The predicted molar refractivity (Wildman–Crippen MR) is 72.0 cm³/mol. The molecule has 0 aliphatic carbocycles. The van der Waals surface area contributed by atoms with E-state index in [0.717, 1.165) is 5.56 Å². The van der Waals surface area contributed by atoms with Gasteiger partial charge in [-0.2, -0.15) is 0 Å². The molecule has 20 heavy (non-hydrogen) atoms. The summed E-state index contributed by atoms with van der Waals surface area (Å²) in [5.74, 6) is 4.97. The molecule has 1 aromatic carbocycles. The standard InChI is InChI=1S/C13H14FN5O/c1-19(8-9-2-4-10(14)5-3-9)13(20)11-6-7-12(16-15)18-17-11/h2-7H,8,15H2,1H3,(H,16,18). The number of hydrogen-bond donors (Lipinski definition) is 2. The number of benzene rings is 1. The molecular weight excluding hydrogens is 261 g/mol. The van der Waals surface area contributed by atoms with Gasteiger partial charge in [0.15, 0.2) is 11.5 Å². The van der Waals surface area contributed by atoms with Crippen molar-refractivity contribution in [2.75, 3.05) is 12.5 Å². The van der Waals surface area contributed by atoms with Gasteiger partial charge in [-0.3, -0.25) is 4.79 Å². The van der Waals surface area contributed by atoms with Crippen molar-refractivity contribution in [3.63, 3.8) is 0 Å². The van der Waals surface area contributed by atoms with Gasteiger partial charge < -0.3 is 10.3 Å². The van der Waals surface area contributed by atoms with Crippen LogP contribution in [-0.2, 0) is 6.54 Å². The third kappa shape index (κ3) is 3.27. The van der Waals surface area contributed by atoms with Crippen molar-refractivity contribution < 1.29 is 9.18 Å². The van der Waals surface area contributed by atoms with Crippen LogP contribution in [0.4, 0.5) is 10.2 Å². The summed E-state index contributed by atoms with van der Waals surface area (Å²) in [5, 5.41) is 7.52. The highest BCUT2D eigenvalue weighted by Gasteiger charge is 2.14. The number of carbonyl (C=O) groups excluding carboxylic acids is 1. The van der Waals surface area contributed by atoms with Gasteiger partial charge in [0.25, 0.3) is 5.91 Å². The quantitative estimate of drug-likeness (QED) is 0.646. The van der Waals surface area contributed by atoms with Gasteiger partial charge in [-0.05, 0) is 29.8 Å².